The number of nitrogens with zero attached hydrogens (tertiary/aromatic N) is 2. The Balaban J connectivity index is 1.96. The fraction of sp³-hybridized carbons (Fsp3) is 0.300. The van der Waals surface area contributed by atoms with E-state index in [-0.39, 0.29) is 0 Å². The second kappa shape index (κ2) is 7.67. The van der Waals surface area contributed by atoms with Crippen LogP contribution in [0, 0.1) is 5.92 Å². The first-order chi connectivity index (χ1) is 11.7. The van der Waals surface area contributed by atoms with E-state index in [1.165, 1.54) is 16.0 Å². The monoisotopic (exact) mass is 337 g/mol. The van der Waals surface area contributed by atoms with Crippen molar-refractivity contribution in [3.63, 3.8) is 0 Å². The molecule has 0 aliphatic heterocycles. The van der Waals surface area contributed by atoms with Crippen LogP contribution >= 0.6 is 11.8 Å². The summed E-state index contributed by atoms with van der Waals surface area (Å²) in [6.07, 6.45) is 4.86. The van der Waals surface area contributed by atoms with Gasteiger partial charge in [-0.1, -0.05) is 32.0 Å². The summed E-state index contributed by atoms with van der Waals surface area (Å²) in [5.41, 5.74) is 3.39. The number of thioether (sulfide) groups is 1. The zero-order valence-corrected chi connectivity index (χ0v) is 15.2. The molecule has 1 aromatic heterocycles. The SMILES string of the molecule is CSc1cccc(-c2ccc3ncnc(NCCC(C)C)c3c2)c1. The Bertz CT molecular complexity index is 830. The Hall–Kier alpha value is -2.07. The third-order valence-electron chi connectivity index (χ3n) is 4.05. The Morgan fingerprint density at radius 3 is 2.67 bits per heavy atom. The number of benzene rings is 2. The highest BCUT2D eigenvalue weighted by molar-refractivity contribution is 7.98. The van der Waals surface area contributed by atoms with Gasteiger partial charge in [0, 0.05) is 16.8 Å². The largest absolute Gasteiger partial charge is 0.369 e. The summed E-state index contributed by atoms with van der Waals surface area (Å²) in [6.45, 7) is 5.39. The summed E-state index contributed by atoms with van der Waals surface area (Å²) >= 11 is 1.76. The molecule has 0 saturated carbocycles. The molecule has 3 rings (SSSR count). The summed E-state index contributed by atoms with van der Waals surface area (Å²) in [6, 6.07) is 15.0. The minimum atomic E-state index is 0.676. The van der Waals surface area contributed by atoms with Crippen LogP contribution in [0.5, 0.6) is 0 Å². The van der Waals surface area contributed by atoms with E-state index < -0.39 is 0 Å². The van der Waals surface area contributed by atoms with Crippen molar-refractivity contribution in [2.75, 3.05) is 18.1 Å². The summed E-state index contributed by atoms with van der Waals surface area (Å²) in [5.74, 6) is 1.60. The molecule has 0 saturated heterocycles. The lowest BCUT2D eigenvalue weighted by molar-refractivity contribution is 0.607. The van der Waals surface area contributed by atoms with Gasteiger partial charge in [-0.2, -0.15) is 0 Å². The molecule has 124 valence electrons. The van der Waals surface area contributed by atoms with Gasteiger partial charge >= 0.3 is 0 Å². The van der Waals surface area contributed by atoms with Crippen LogP contribution < -0.4 is 5.32 Å². The Morgan fingerprint density at radius 2 is 1.88 bits per heavy atom. The topological polar surface area (TPSA) is 37.8 Å². The van der Waals surface area contributed by atoms with Gasteiger partial charge in [-0.3, -0.25) is 0 Å². The summed E-state index contributed by atoms with van der Waals surface area (Å²) in [4.78, 5) is 10.1. The highest BCUT2D eigenvalue weighted by Gasteiger charge is 2.07. The molecule has 0 amide bonds. The van der Waals surface area contributed by atoms with E-state index in [4.69, 9.17) is 0 Å². The third-order valence-corrected chi connectivity index (χ3v) is 4.78. The van der Waals surface area contributed by atoms with Gasteiger partial charge in [0.25, 0.3) is 0 Å². The van der Waals surface area contributed by atoms with Crippen LogP contribution in [0.15, 0.2) is 53.7 Å². The molecule has 0 atom stereocenters. The number of rotatable bonds is 6. The number of fused-ring (bicyclic) bond motifs is 1. The zero-order chi connectivity index (χ0) is 16.9. The second-order valence-electron chi connectivity index (χ2n) is 6.30. The van der Waals surface area contributed by atoms with E-state index in [0.717, 1.165) is 29.7 Å². The highest BCUT2D eigenvalue weighted by atomic mass is 32.2. The molecular formula is C20H23N3S. The van der Waals surface area contributed by atoms with Crippen molar-refractivity contribution in [1.29, 1.82) is 0 Å². The molecule has 0 unspecified atom stereocenters. The number of nitrogens with one attached hydrogen (secondary N) is 1. The lowest BCUT2D eigenvalue weighted by Gasteiger charge is -2.11. The Labute approximate surface area is 147 Å². The first-order valence-electron chi connectivity index (χ1n) is 8.30. The van der Waals surface area contributed by atoms with Crippen LogP contribution in [0.3, 0.4) is 0 Å². The van der Waals surface area contributed by atoms with Crippen LogP contribution in [-0.4, -0.2) is 22.8 Å². The van der Waals surface area contributed by atoms with Gasteiger partial charge in [-0.15, -0.1) is 11.8 Å². The molecule has 3 nitrogen and oxygen atoms in total. The summed E-state index contributed by atoms with van der Waals surface area (Å²) in [7, 11) is 0. The maximum Gasteiger partial charge on any atom is 0.137 e. The number of hydrogen-bond acceptors (Lipinski definition) is 4. The first kappa shape index (κ1) is 16.8. The number of hydrogen-bond donors (Lipinski definition) is 1. The molecule has 24 heavy (non-hydrogen) atoms. The molecule has 4 heteroatoms. The molecule has 0 aliphatic carbocycles. The molecular weight excluding hydrogens is 314 g/mol. The van der Waals surface area contributed by atoms with Crippen molar-refractivity contribution in [3.8, 4) is 11.1 Å². The van der Waals surface area contributed by atoms with Gasteiger partial charge in [0.1, 0.15) is 12.1 Å². The molecule has 0 fully saturated rings. The normalized spacial score (nSPS) is 11.2. The van der Waals surface area contributed by atoms with Gasteiger partial charge in [0.05, 0.1) is 5.52 Å². The smallest absolute Gasteiger partial charge is 0.137 e. The van der Waals surface area contributed by atoms with Crippen molar-refractivity contribution >= 4 is 28.5 Å². The minimum absolute atomic E-state index is 0.676. The molecule has 0 spiro atoms. The average Bonchev–Trinajstić information content (AvgIpc) is 2.61. The third kappa shape index (κ3) is 3.88. The number of anilines is 1. The number of aromatic nitrogens is 2. The standard InChI is InChI=1S/C20H23N3S/c1-14(2)9-10-21-20-18-12-16(7-8-19(18)22-13-23-20)15-5-4-6-17(11-15)24-3/h4-8,11-14H,9-10H2,1-3H3,(H,21,22,23). The minimum Gasteiger partial charge on any atom is -0.369 e. The molecule has 0 bridgehead atoms. The summed E-state index contributed by atoms with van der Waals surface area (Å²) in [5, 5.41) is 4.54. The van der Waals surface area contributed by atoms with Crippen molar-refractivity contribution < 1.29 is 0 Å². The fourth-order valence-electron chi connectivity index (χ4n) is 2.66. The van der Waals surface area contributed by atoms with Crippen LogP contribution in [0.2, 0.25) is 0 Å². The van der Waals surface area contributed by atoms with Crippen molar-refractivity contribution in [3.05, 3.63) is 48.8 Å². The lowest BCUT2D eigenvalue weighted by Crippen LogP contribution is -2.06. The average molecular weight is 337 g/mol. The van der Waals surface area contributed by atoms with Crippen LogP contribution in [0.1, 0.15) is 20.3 Å². The Morgan fingerprint density at radius 1 is 1.04 bits per heavy atom. The van der Waals surface area contributed by atoms with Gasteiger partial charge in [-0.25, -0.2) is 9.97 Å². The molecule has 1 heterocycles. The highest BCUT2D eigenvalue weighted by Crippen LogP contribution is 2.29. The van der Waals surface area contributed by atoms with Gasteiger partial charge in [0.15, 0.2) is 0 Å². The zero-order valence-electron chi connectivity index (χ0n) is 14.4. The fourth-order valence-corrected chi connectivity index (χ4v) is 3.12. The van der Waals surface area contributed by atoms with Crippen molar-refractivity contribution in [1.82, 2.24) is 9.97 Å². The second-order valence-corrected chi connectivity index (χ2v) is 7.18. The van der Waals surface area contributed by atoms with E-state index in [0.29, 0.717) is 5.92 Å². The Kier molecular flexibility index (Phi) is 5.36. The molecule has 1 N–H and O–H groups in total. The maximum atomic E-state index is 4.45. The molecule has 0 radical (unpaired) electrons. The van der Waals surface area contributed by atoms with E-state index >= 15 is 0 Å². The summed E-state index contributed by atoms with van der Waals surface area (Å²) < 4.78 is 0. The van der Waals surface area contributed by atoms with Gasteiger partial charge in [0.2, 0.25) is 0 Å². The van der Waals surface area contributed by atoms with E-state index in [1.54, 1.807) is 18.1 Å². The van der Waals surface area contributed by atoms with E-state index in [9.17, 15) is 0 Å². The van der Waals surface area contributed by atoms with Crippen LogP contribution in [0.25, 0.3) is 22.0 Å². The van der Waals surface area contributed by atoms with E-state index in [1.807, 2.05) is 0 Å². The molecule has 0 aliphatic rings. The van der Waals surface area contributed by atoms with Gasteiger partial charge in [-0.05, 0) is 54.0 Å². The predicted octanol–water partition coefficient (Wildman–Crippen LogP) is 5.48. The van der Waals surface area contributed by atoms with Crippen LogP contribution in [-0.2, 0) is 0 Å². The van der Waals surface area contributed by atoms with Crippen LogP contribution in [0.4, 0.5) is 5.82 Å². The van der Waals surface area contributed by atoms with Crippen molar-refractivity contribution in [2.24, 2.45) is 5.92 Å². The predicted molar refractivity (Wildman–Crippen MR) is 105 cm³/mol. The quantitative estimate of drug-likeness (QED) is 0.605. The molecule has 3 aromatic rings. The first-order valence-corrected chi connectivity index (χ1v) is 9.53. The molecule has 2 aromatic carbocycles. The van der Waals surface area contributed by atoms with Gasteiger partial charge < -0.3 is 5.32 Å². The lowest BCUT2D eigenvalue weighted by atomic mass is 10.0. The van der Waals surface area contributed by atoms with Crippen molar-refractivity contribution in [2.45, 2.75) is 25.2 Å². The maximum absolute atomic E-state index is 4.45. The van der Waals surface area contributed by atoms with E-state index in [2.05, 4.69) is 77.9 Å².